The third-order valence-corrected chi connectivity index (χ3v) is 5.70. The van der Waals surface area contributed by atoms with Gasteiger partial charge in [-0.25, -0.2) is 9.98 Å². The highest BCUT2D eigenvalue weighted by Gasteiger charge is 2.10. The molecular weight excluding hydrogens is 430 g/mol. The molecule has 0 aliphatic rings. The monoisotopic (exact) mass is 453 g/mol. The number of anilines is 1. The largest absolute Gasteiger partial charge is 0.436 e. The summed E-state index contributed by atoms with van der Waals surface area (Å²) in [5.74, 6) is 1.32. The van der Waals surface area contributed by atoms with E-state index in [0.29, 0.717) is 12.5 Å². The molecular formula is C27H23N3O2S. The summed E-state index contributed by atoms with van der Waals surface area (Å²) in [4.78, 5) is 9.79. The van der Waals surface area contributed by atoms with Gasteiger partial charge in [0.25, 0.3) is 0 Å². The van der Waals surface area contributed by atoms with Crippen LogP contribution in [0.15, 0.2) is 99.2 Å². The maximum absolute atomic E-state index is 5.85. The van der Waals surface area contributed by atoms with Crippen LogP contribution in [0.1, 0.15) is 12.5 Å². The van der Waals surface area contributed by atoms with Gasteiger partial charge in [0.1, 0.15) is 18.1 Å². The van der Waals surface area contributed by atoms with Crippen molar-refractivity contribution in [1.82, 2.24) is 4.98 Å². The van der Waals surface area contributed by atoms with E-state index in [9.17, 15) is 0 Å². The molecule has 33 heavy (non-hydrogen) atoms. The lowest BCUT2D eigenvalue weighted by Crippen LogP contribution is -2.09. The molecule has 0 amide bonds. The second kappa shape index (κ2) is 9.48. The average molecular weight is 454 g/mol. The van der Waals surface area contributed by atoms with Crippen molar-refractivity contribution in [2.45, 2.75) is 18.4 Å². The number of amidine groups is 1. The minimum Gasteiger partial charge on any atom is -0.436 e. The quantitative estimate of drug-likeness (QED) is 0.126. The SMILES string of the molecule is CC(=NCOCc1ccc2ccccc2c1)Nc1ccc(-c2nc3ccccc3o2)cc1S. The molecule has 0 bridgehead atoms. The smallest absolute Gasteiger partial charge is 0.227 e. The lowest BCUT2D eigenvalue weighted by Gasteiger charge is -2.10. The van der Waals surface area contributed by atoms with Crippen LogP contribution in [-0.4, -0.2) is 17.6 Å². The Hall–Kier alpha value is -3.61. The van der Waals surface area contributed by atoms with Gasteiger partial charge in [0.05, 0.1) is 12.3 Å². The molecule has 0 atom stereocenters. The Labute approximate surface area is 197 Å². The van der Waals surface area contributed by atoms with E-state index in [1.54, 1.807) is 0 Å². The van der Waals surface area contributed by atoms with Crippen LogP contribution in [0, 0.1) is 0 Å². The maximum Gasteiger partial charge on any atom is 0.227 e. The lowest BCUT2D eigenvalue weighted by atomic mass is 10.1. The van der Waals surface area contributed by atoms with Gasteiger partial charge in [-0.2, -0.15) is 0 Å². The Kier molecular flexibility index (Phi) is 6.11. The Bertz CT molecular complexity index is 1430. The third kappa shape index (κ3) is 4.92. The molecule has 0 radical (unpaired) electrons. The first-order chi connectivity index (χ1) is 16.2. The summed E-state index contributed by atoms with van der Waals surface area (Å²) in [6, 6.07) is 28.2. The molecule has 1 N–H and O–H groups in total. The number of oxazole rings is 1. The number of thiol groups is 1. The fraction of sp³-hybridized carbons (Fsp3) is 0.111. The first kappa shape index (κ1) is 21.2. The number of nitrogens with one attached hydrogen (secondary N) is 1. The van der Waals surface area contributed by atoms with Crippen LogP contribution < -0.4 is 5.32 Å². The number of aromatic nitrogens is 1. The van der Waals surface area contributed by atoms with E-state index < -0.39 is 0 Å². The lowest BCUT2D eigenvalue weighted by molar-refractivity contribution is 0.129. The zero-order valence-electron chi connectivity index (χ0n) is 18.2. The number of benzene rings is 4. The Balaban J connectivity index is 1.19. The zero-order valence-corrected chi connectivity index (χ0v) is 19.0. The van der Waals surface area contributed by atoms with E-state index in [-0.39, 0.29) is 6.73 Å². The highest BCUT2D eigenvalue weighted by atomic mass is 32.1. The molecule has 1 heterocycles. The Morgan fingerprint density at radius 1 is 0.970 bits per heavy atom. The van der Waals surface area contributed by atoms with Crippen LogP contribution in [0.25, 0.3) is 33.3 Å². The summed E-state index contributed by atoms with van der Waals surface area (Å²) in [6.07, 6.45) is 0. The maximum atomic E-state index is 5.85. The van der Waals surface area contributed by atoms with Crippen molar-refractivity contribution < 1.29 is 9.15 Å². The van der Waals surface area contributed by atoms with E-state index >= 15 is 0 Å². The van der Waals surface area contributed by atoms with Gasteiger partial charge < -0.3 is 14.5 Å². The fourth-order valence-electron chi connectivity index (χ4n) is 3.64. The Morgan fingerprint density at radius 2 is 1.79 bits per heavy atom. The van der Waals surface area contributed by atoms with Gasteiger partial charge >= 0.3 is 0 Å². The molecule has 5 rings (SSSR count). The summed E-state index contributed by atoms with van der Waals surface area (Å²) in [6.45, 7) is 2.69. The Morgan fingerprint density at radius 3 is 2.64 bits per heavy atom. The van der Waals surface area contributed by atoms with E-state index in [4.69, 9.17) is 9.15 Å². The predicted molar refractivity (Wildman–Crippen MR) is 137 cm³/mol. The van der Waals surface area contributed by atoms with Crippen molar-refractivity contribution >= 4 is 46.0 Å². The molecule has 4 aromatic carbocycles. The summed E-state index contributed by atoms with van der Waals surface area (Å²) in [7, 11) is 0. The first-order valence-corrected chi connectivity index (χ1v) is 11.1. The molecule has 0 fully saturated rings. The van der Waals surface area contributed by atoms with E-state index in [1.807, 2.05) is 61.5 Å². The number of rotatable bonds is 6. The average Bonchev–Trinajstić information content (AvgIpc) is 3.27. The first-order valence-electron chi connectivity index (χ1n) is 10.7. The van der Waals surface area contributed by atoms with Gasteiger partial charge in [0.15, 0.2) is 5.58 Å². The van der Waals surface area contributed by atoms with E-state index in [0.717, 1.165) is 38.6 Å². The van der Waals surface area contributed by atoms with Gasteiger partial charge in [-0.15, -0.1) is 12.6 Å². The van der Waals surface area contributed by atoms with Crippen molar-refractivity contribution in [3.63, 3.8) is 0 Å². The van der Waals surface area contributed by atoms with Gasteiger partial charge in [-0.05, 0) is 59.7 Å². The zero-order chi connectivity index (χ0) is 22.6. The topological polar surface area (TPSA) is 59.6 Å². The number of ether oxygens (including phenoxy) is 1. The van der Waals surface area contributed by atoms with Crippen LogP contribution in [0.4, 0.5) is 5.69 Å². The normalized spacial score (nSPS) is 11.9. The molecule has 5 aromatic rings. The number of nitrogens with zero attached hydrogens (tertiary/aromatic N) is 2. The molecule has 6 heteroatoms. The van der Waals surface area contributed by atoms with Crippen molar-refractivity contribution in [1.29, 1.82) is 0 Å². The van der Waals surface area contributed by atoms with E-state index in [1.165, 1.54) is 10.8 Å². The van der Waals surface area contributed by atoms with Crippen LogP contribution >= 0.6 is 12.6 Å². The molecule has 164 valence electrons. The number of hydrogen-bond donors (Lipinski definition) is 2. The van der Waals surface area contributed by atoms with Crippen LogP contribution in [0.2, 0.25) is 0 Å². The van der Waals surface area contributed by atoms with Gasteiger partial charge in [0.2, 0.25) is 5.89 Å². The minimum absolute atomic E-state index is 0.272. The summed E-state index contributed by atoms with van der Waals surface area (Å²) < 4.78 is 11.6. The highest BCUT2D eigenvalue weighted by Crippen LogP contribution is 2.29. The second-order valence-electron chi connectivity index (χ2n) is 7.75. The second-order valence-corrected chi connectivity index (χ2v) is 8.23. The molecule has 0 saturated heterocycles. The van der Waals surface area contributed by atoms with Gasteiger partial charge in [-0.1, -0.05) is 48.5 Å². The number of para-hydroxylation sites is 2. The van der Waals surface area contributed by atoms with Crippen molar-refractivity contribution in [2.75, 3.05) is 12.0 Å². The molecule has 0 spiro atoms. The number of fused-ring (bicyclic) bond motifs is 2. The summed E-state index contributed by atoms with van der Waals surface area (Å²) in [5.41, 5.74) is 4.45. The molecule has 0 aliphatic heterocycles. The summed E-state index contributed by atoms with van der Waals surface area (Å²) in [5, 5.41) is 5.72. The van der Waals surface area contributed by atoms with Gasteiger partial charge in [0, 0.05) is 10.5 Å². The van der Waals surface area contributed by atoms with E-state index in [2.05, 4.69) is 58.3 Å². The highest BCUT2D eigenvalue weighted by molar-refractivity contribution is 7.80. The predicted octanol–water partition coefficient (Wildman–Crippen LogP) is 6.94. The standard InChI is InChI=1S/C27H23N3O2S/c1-18(28-17-31-16-19-10-11-20-6-2-3-7-21(20)14-19)29-24-13-12-22(15-26(24)33)27-30-23-8-4-5-9-25(23)32-27/h2-15,33H,16-17H2,1H3,(H,28,29). The molecule has 0 aliphatic carbocycles. The van der Waals surface area contributed by atoms with Crippen LogP contribution in [-0.2, 0) is 11.3 Å². The fourth-order valence-corrected chi connectivity index (χ4v) is 3.90. The molecule has 1 aromatic heterocycles. The minimum atomic E-state index is 0.272. The van der Waals surface area contributed by atoms with Crippen molar-refractivity contribution in [3.05, 3.63) is 90.5 Å². The number of hydrogen-bond acceptors (Lipinski definition) is 5. The van der Waals surface area contributed by atoms with Crippen molar-refractivity contribution in [3.8, 4) is 11.5 Å². The summed E-state index contributed by atoms with van der Waals surface area (Å²) >= 11 is 4.62. The molecule has 0 saturated carbocycles. The third-order valence-electron chi connectivity index (χ3n) is 5.33. The number of aliphatic imine (C=N–C) groups is 1. The van der Waals surface area contributed by atoms with Gasteiger partial charge in [-0.3, -0.25) is 0 Å². The van der Waals surface area contributed by atoms with Crippen LogP contribution in [0.5, 0.6) is 0 Å². The molecule has 5 nitrogen and oxygen atoms in total. The molecule has 0 unspecified atom stereocenters. The van der Waals surface area contributed by atoms with Crippen LogP contribution in [0.3, 0.4) is 0 Å². The van der Waals surface area contributed by atoms with Crippen molar-refractivity contribution in [2.24, 2.45) is 4.99 Å².